The molecule has 116 valence electrons. The molecule has 1 N–H and O–H groups in total. The van der Waals surface area contributed by atoms with Gasteiger partial charge in [0.1, 0.15) is 6.04 Å². The maximum absolute atomic E-state index is 12.6. The van der Waals surface area contributed by atoms with Gasteiger partial charge in [-0.1, -0.05) is 41.0 Å². The Balaban J connectivity index is 2.81. The molecule has 1 aliphatic heterocycles. The van der Waals surface area contributed by atoms with Crippen molar-refractivity contribution in [1.29, 1.82) is 0 Å². The summed E-state index contributed by atoms with van der Waals surface area (Å²) in [5, 5.41) is 9.33. The molecule has 1 aliphatic rings. The summed E-state index contributed by atoms with van der Waals surface area (Å²) < 4.78 is 0. The fourth-order valence-corrected chi connectivity index (χ4v) is 3.77. The SMILES string of the molecule is CCCC1SCC(C(=O)O)N1C(=O)CC(C)C(C)(C)C. The van der Waals surface area contributed by atoms with Gasteiger partial charge in [-0.3, -0.25) is 4.79 Å². The lowest BCUT2D eigenvalue weighted by molar-refractivity contribution is -0.149. The second-order valence-electron chi connectivity index (χ2n) is 6.70. The van der Waals surface area contributed by atoms with Crippen molar-refractivity contribution in [3.05, 3.63) is 0 Å². The topological polar surface area (TPSA) is 57.6 Å². The fourth-order valence-electron chi connectivity index (χ4n) is 2.23. The zero-order chi connectivity index (χ0) is 15.5. The Morgan fingerprint density at radius 2 is 2.00 bits per heavy atom. The summed E-state index contributed by atoms with van der Waals surface area (Å²) >= 11 is 1.60. The molecule has 0 radical (unpaired) electrons. The van der Waals surface area contributed by atoms with E-state index < -0.39 is 12.0 Å². The first-order valence-electron chi connectivity index (χ1n) is 7.34. The van der Waals surface area contributed by atoms with Crippen molar-refractivity contribution in [3.63, 3.8) is 0 Å². The Labute approximate surface area is 126 Å². The van der Waals surface area contributed by atoms with Crippen LogP contribution in [-0.4, -0.2) is 39.1 Å². The van der Waals surface area contributed by atoms with Crippen LogP contribution in [0.3, 0.4) is 0 Å². The quantitative estimate of drug-likeness (QED) is 0.847. The van der Waals surface area contributed by atoms with E-state index in [9.17, 15) is 14.7 Å². The maximum Gasteiger partial charge on any atom is 0.327 e. The van der Waals surface area contributed by atoms with E-state index in [0.29, 0.717) is 12.2 Å². The molecule has 1 heterocycles. The molecule has 0 aromatic rings. The summed E-state index contributed by atoms with van der Waals surface area (Å²) in [4.78, 5) is 25.5. The van der Waals surface area contributed by atoms with Crippen LogP contribution in [-0.2, 0) is 9.59 Å². The van der Waals surface area contributed by atoms with Gasteiger partial charge in [-0.15, -0.1) is 11.8 Å². The number of thioether (sulfide) groups is 1. The highest BCUT2D eigenvalue weighted by Gasteiger charge is 2.41. The van der Waals surface area contributed by atoms with E-state index in [0.717, 1.165) is 12.8 Å². The van der Waals surface area contributed by atoms with Gasteiger partial charge in [-0.25, -0.2) is 4.79 Å². The first-order valence-corrected chi connectivity index (χ1v) is 8.39. The molecule has 1 amide bonds. The number of carboxylic acids is 1. The van der Waals surface area contributed by atoms with Crippen molar-refractivity contribution < 1.29 is 14.7 Å². The van der Waals surface area contributed by atoms with Crippen molar-refractivity contribution >= 4 is 23.6 Å². The highest BCUT2D eigenvalue weighted by molar-refractivity contribution is 8.00. The van der Waals surface area contributed by atoms with Crippen molar-refractivity contribution in [3.8, 4) is 0 Å². The molecule has 5 heteroatoms. The van der Waals surface area contributed by atoms with Gasteiger partial charge in [0.25, 0.3) is 0 Å². The zero-order valence-corrected chi connectivity index (χ0v) is 14.0. The van der Waals surface area contributed by atoms with Crippen molar-refractivity contribution in [2.45, 2.75) is 65.3 Å². The summed E-state index contributed by atoms with van der Waals surface area (Å²) in [5.74, 6) is -0.149. The Morgan fingerprint density at radius 1 is 1.40 bits per heavy atom. The van der Waals surface area contributed by atoms with E-state index in [-0.39, 0.29) is 22.6 Å². The van der Waals surface area contributed by atoms with E-state index in [1.165, 1.54) is 0 Å². The second-order valence-corrected chi connectivity index (χ2v) is 7.91. The molecule has 0 aromatic heterocycles. The molecule has 0 spiro atoms. The minimum absolute atomic E-state index is 0.0109. The first kappa shape index (κ1) is 17.3. The van der Waals surface area contributed by atoms with Gasteiger partial charge in [0, 0.05) is 12.2 Å². The van der Waals surface area contributed by atoms with Gasteiger partial charge < -0.3 is 10.0 Å². The Morgan fingerprint density at radius 3 is 2.45 bits per heavy atom. The lowest BCUT2D eigenvalue weighted by Gasteiger charge is -2.32. The summed E-state index contributed by atoms with van der Waals surface area (Å²) in [5.41, 5.74) is 0.0570. The number of hydrogen-bond donors (Lipinski definition) is 1. The van der Waals surface area contributed by atoms with Crippen molar-refractivity contribution in [1.82, 2.24) is 4.90 Å². The molecule has 1 saturated heterocycles. The largest absolute Gasteiger partial charge is 0.480 e. The molecule has 3 atom stereocenters. The number of carbonyl (C=O) groups excluding carboxylic acids is 1. The van der Waals surface area contributed by atoms with Gasteiger partial charge in [0.05, 0.1) is 5.37 Å². The van der Waals surface area contributed by atoms with E-state index in [4.69, 9.17) is 0 Å². The molecule has 1 fully saturated rings. The Kier molecular flexibility index (Phi) is 5.92. The summed E-state index contributed by atoms with van der Waals surface area (Å²) in [6, 6.07) is -0.656. The fraction of sp³-hybridized carbons (Fsp3) is 0.867. The Bertz CT molecular complexity index is 365. The zero-order valence-electron chi connectivity index (χ0n) is 13.2. The summed E-state index contributed by atoms with van der Waals surface area (Å²) in [6.07, 6.45) is 2.25. The number of carbonyl (C=O) groups is 2. The second kappa shape index (κ2) is 6.83. The van der Waals surface area contributed by atoms with Gasteiger partial charge in [0.15, 0.2) is 0 Å². The molecule has 0 aliphatic carbocycles. The third-order valence-electron chi connectivity index (χ3n) is 4.16. The van der Waals surface area contributed by atoms with Crippen LogP contribution in [0.2, 0.25) is 0 Å². The van der Waals surface area contributed by atoms with Crippen LogP contribution in [0.25, 0.3) is 0 Å². The van der Waals surface area contributed by atoms with Crippen LogP contribution in [0, 0.1) is 11.3 Å². The number of aliphatic carboxylic acids is 1. The van der Waals surface area contributed by atoms with Crippen LogP contribution in [0.5, 0.6) is 0 Å². The van der Waals surface area contributed by atoms with E-state index in [2.05, 4.69) is 34.6 Å². The Hall–Kier alpha value is -0.710. The highest BCUT2D eigenvalue weighted by atomic mass is 32.2. The molecule has 0 bridgehead atoms. The molecular formula is C15H27NO3S. The smallest absolute Gasteiger partial charge is 0.327 e. The summed E-state index contributed by atoms with van der Waals surface area (Å²) in [6.45, 7) is 10.5. The van der Waals surface area contributed by atoms with Crippen molar-refractivity contribution in [2.75, 3.05) is 5.75 Å². The van der Waals surface area contributed by atoms with Crippen LogP contribution in [0.4, 0.5) is 0 Å². The minimum atomic E-state index is -0.882. The van der Waals surface area contributed by atoms with E-state index in [1.807, 2.05) is 0 Å². The maximum atomic E-state index is 12.6. The average Bonchev–Trinajstić information content (AvgIpc) is 2.72. The minimum Gasteiger partial charge on any atom is -0.480 e. The predicted octanol–water partition coefficient (Wildman–Crippen LogP) is 3.21. The molecule has 0 saturated carbocycles. The monoisotopic (exact) mass is 301 g/mol. The molecule has 0 aromatic carbocycles. The number of nitrogens with zero attached hydrogens (tertiary/aromatic N) is 1. The molecule has 4 nitrogen and oxygen atoms in total. The van der Waals surface area contributed by atoms with E-state index >= 15 is 0 Å². The molecular weight excluding hydrogens is 274 g/mol. The van der Waals surface area contributed by atoms with Gasteiger partial charge >= 0.3 is 5.97 Å². The van der Waals surface area contributed by atoms with Crippen LogP contribution in [0.15, 0.2) is 0 Å². The van der Waals surface area contributed by atoms with Crippen molar-refractivity contribution in [2.24, 2.45) is 11.3 Å². The lowest BCUT2D eigenvalue weighted by Crippen LogP contribution is -2.46. The summed E-state index contributed by atoms with van der Waals surface area (Å²) in [7, 11) is 0. The highest BCUT2D eigenvalue weighted by Crippen LogP contribution is 2.35. The average molecular weight is 301 g/mol. The van der Waals surface area contributed by atoms with Gasteiger partial charge in [-0.05, 0) is 17.8 Å². The standard InChI is InChI=1S/C15H27NO3S/c1-6-7-13-16(11(9-20-13)14(18)19)12(17)8-10(2)15(3,4)5/h10-11,13H,6-9H2,1-5H3,(H,18,19). The number of rotatable bonds is 5. The number of amides is 1. The van der Waals surface area contributed by atoms with Crippen LogP contribution < -0.4 is 0 Å². The lowest BCUT2D eigenvalue weighted by atomic mass is 9.80. The molecule has 1 rings (SSSR count). The molecule has 20 heavy (non-hydrogen) atoms. The van der Waals surface area contributed by atoms with Gasteiger partial charge in [0.2, 0.25) is 5.91 Å². The third-order valence-corrected chi connectivity index (χ3v) is 5.52. The molecule has 3 unspecified atom stereocenters. The van der Waals surface area contributed by atoms with Crippen LogP contribution in [0.1, 0.15) is 53.9 Å². The van der Waals surface area contributed by atoms with Gasteiger partial charge in [-0.2, -0.15) is 0 Å². The number of carboxylic acid groups (broad SMARTS) is 1. The van der Waals surface area contributed by atoms with Crippen LogP contribution >= 0.6 is 11.8 Å². The first-order chi connectivity index (χ1) is 9.18. The number of hydrogen-bond acceptors (Lipinski definition) is 3. The predicted molar refractivity (Wildman–Crippen MR) is 82.7 cm³/mol. The normalized spacial score (nSPS) is 24.8. The third kappa shape index (κ3) is 4.14. The van der Waals surface area contributed by atoms with E-state index in [1.54, 1.807) is 16.7 Å².